The Hall–Kier alpha value is -2.41. The molecule has 0 spiro atoms. The zero-order chi connectivity index (χ0) is 15.5. The molecule has 21 heavy (non-hydrogen) atoms. The summed E-state index contributed by atoms with van der Waals surface area (Å²) >= 11 is 0. The van der Waals surface area contributed by atoms with Crippen molar-refractivity contribution in [3.8, 4) is 0 Å². The van der Waals surface area contributed by atoms with E-state index in [4.69, 9.17) is 0 Å². The zero-order valence-corrected chi connectivity index (χ0v) is 12.0. The molecule has 0 aliphatic carbocycles. The largest absolute Gasteiger partial charge is 0.284 e. The average molecular weight is 308 g/mol. The average Bonchev–Trinajstić information content (AvgIpc) is 2.47. The first-order valence-corrected chi connectivity index (χ1v) is 7.46. The first kappa shape index (κ1) is 15.0. The minimum absolute atomic E-state index is 0.0187. The monoisotopic (exact) mass is 308 g/mol. The third-order valence-corrected chi connectivity index (χ3v) is 4.32. The van der Waals surface area contributed by atoms with Gasteiger partial charge >= 0.3 is 0 Å². The van der Waals surface area contributed by atoms with E-state index in [1.807, 2.05) is 6.92 Å². The maximum atomic E-state index is 12.8. The van der Waals surface area contributed by atoms with Gasteiger partial charge in [0.2, 0.25) is 6.41 Å². The number of nitrogens with one attached hydrogen (secondary N) is 1. The molecule has 0 fully saturated rings. The van der Waals surface area contributed by atoms with Crippen molar-refractivity contribution >= 4 is 22.1 Å². The van der Waals surface area contributed by atoms with Gasteiger partial charge in [0.15, 0.2) is 0 Å². The summed E-state index contributed by atoms with van der Waals surface area (Å²) in [5.74, 6) is -0.459. The van der Waals surface area contributed by atoms with Crippen LogP contribution in [-0.4, -0.2) is 19.2 Å². The second-order valence-electron chi connectivity index (χ2n) is 4.34. The third-order valence-electron chi connectivity index (χ3n) is 2.76. The van der Waals surface area contributed by atoms with Crippen LogP contribution in [0.15, 0.2) is 53.4 Å². The third kappa shape index (κ3) is 3.38. The Morgan fingerprint density at radius 2 is 1.62 bits per heavy atom. The van der Waals surface area contributed by atoms with Gasteiger partial charge < -0.3 is 0 Å². The van der Waals surface area contributed by atoms with E-state index in [0.29, 0.717) is 4.41 Å². The number of carbonyl (C=O) groups is 1. The molecule has 0 radical (unpaired) electrons. The lowest BCUT2D eigenvalue weighted by atomic mass is 10.2. The number of nitrogens with zero attached hydrogens (tertiary/aromatic N) is 1. The van der Waals surface area contributed by atoms with E-state index in [2.05, 4.69) is 5.43 Å². The van der Waals surface area contributed by atoms with E-state index in [1.54, 1.807) is 12.1 Å². The molecule has 0 unspecified atom stereocenters. The fourth-order valence-electron chi connectivity index (χ4n) is 1.62. The highest BCUT2D eigenvalue weighted by Crippen LogP contribution is 2.17. The summed E-state index contributed by atoms with van der Waals surface area (Å²) in [6.45, 7) is 1.82. The predicted molar refractivity (Wildman–Crippen MR) is 76.3 cm³/mol. The number of halogens is 1. The van der Waals surface area contributed by atoms with Crippen molar-refractivity contribution < 1.29 is 17.6 Å². The van der Waals surface area contributed by atoms with E-state index < -0.39 is 15.8 Å². The number of aryl methyl sites for hydroxylation is 1. The van der Waals surface area contributed by atoms with Gasteiger partial charge in [-0.25, -0.2) is 4.39 Å². The van der Waals surface area contributed by atoms with Gasteiger partial charge in [-0.2, -0.15) is 8.42 Å². The van der Waals surface area contributed by atoms with Gasteiger partial charge in [0, 0.05) is 0 Å². The van der Waals surface area contributed by atoms with E-state index in [-0.39, 0.29) is 17.0 Å². The molecule has 5 nitrogen and oxygen atoms in total. The maximum Gasteiger partial charge on any atom is 0.284 e. The number of hydrogen-bond acceptors (Lipinski definition) is 4. The first-order chi connectivity index (χ1) is 9.93. The van der Waals surface area contributed by atoms with Crippen molar-refractivity contribution in [2.75, 3.05) is 5.43 Å². The second-order valence-corrected chi connectivity index (χ2v) is 6.15. The summed E-state index contributed by atoms with van der Waals surface area (Å²) in [6, 6.07) is 11.1. The minimum Gasteiger partial charge on any atom is -0.282 e. The number of amides is 1. The molecule has 0 aliphatic rings. The number of hydrazine groups is 1. The molecular formula is C14H13FN2O3S. The molecular weight excluding hydrogens is 295 g/mol. The van der Waals surface area contributed by atoms with E-state index >= 15 is 0 Å². The van der Waals surface area contributed by atoms with Crippen LogP contribution in [0.2, 0.25) is 0 Å². The van der Waals surface area contributed by atoms with E-state index in [1.165, 1.54) is 24.3 Å². The molecule has 0 atom stereocenters. The molecule has 7 heteroatoms. The number of sulfonamides is 1. The van der Waals surface area contributed by atoms with Crippen LogP contribution < -0.4 is 5.43 Å². The molecule has 2 aromatic rings. The molecule has 0 heterocycles. The Balaban J connectivity index is 2.29. The van der Waals surface area contributed by atoms with Crippen LogP contribution in [0.5, 0.6) is 0 Å². The lowest BCUT2D eigenvalue weighted by Gasteiger charge is -2.19. The van der Waals surface area contributed by atoms with Crippen molar-refractivity contribution in [2.24, 2.45) is 0 Å². The smallest absolute Gasteiger partial charge is 0.282 e. The summed E-state index contributed by atoms with van der Waals surface area (Å²) in [5, 5.41) is 0. The Morgan fingerprint density at radius 1 is 1.05 bits per heavy atom. The van der Waals surface area contributed by atoms with Crippen LogP contribution in [0.25, 0.3) is 0 Å². The summed E-state index contributed by atoms with van der Waals surface area (Å²) < 4.78 is 37.9. The van der Waals surface area contributed by atoms with Crippen LogP contribution >= 0.6 is 0 Å². The highest BCUT2D eigenvalue weighted by atomic mass is 32.2. The summed E-state index contributed by atoms with van der Waals surface area (Å²) in [6.07, 6.45) is 0.151. The Labute approximate surface area is 122 Å². The number of rotatable bonds is 5. The normalized spacial score (nSPS) is 11.0. The van der Waals surface area contributed by atoms with Crippen molar-refractivity contribution in [3.63, 3.8) is 0 Å². The van der Waals surface area contributed by atoms with Gasteiger partial charge in [-0.15, -0.1) is 4.41 Å². The van der Waals surface area contributed by atoms with E-state index in [0.717, 1.165) is 17.7 Å². The SMILES string of the molecule is Cc1ccc(S(=O)(=O)N(C=O)Nc2ccc(F)cc2)cc1. The van der Waals surface area contributed by atoms with Crippen molar-refractivity contribution in [2.45, 2.75) is 11.8 Å². The number of carbonyl (C=O) groups excluding carboxylic acids is 1. The summed E-state index contributed by atoms with van der Waals surface area (Å²) in [5.41, 5.74) is 3.60. The van der Waals surface area contributed by atoms with Crippen molar-refractivity contribution in [1.82, 2.24) is 4.41 Å². The minimum atomic E-state index is -4.02. The number of benzene rings is 2. The van der Waals surface area contributed by atoms with Gasteiger partial charge in [0.25, 0.3) is 10.0 Å². The van der Waals surface area contributed by atoms with Gasteiger partial charge in [-0.3, -0.25) is 10.2 Å². The lowest BCUT2D eigenvalue weighted by Crippen LogP contribution is -2.35. The summed E-state index contributed by atoms with van der Waals surface area (Å²) in [7, 11) is -4.02. The second kappa shape index (κ2) is 5.92. The molecule has 0 saturated heterocycles. The lowest BCUT2D eigenvalue weighted by molar-refractivity contribution is -0.113. The molecule has 110 valence electrons. The van der Waals surface area contributed by atoms with Gasteiger partial charge in [-0.1, -0.05) is 17.7 Å². The Kier molecular flexibility index (Phi) is 4.23. The molecule has 1 N–H and O–H groups in total. The standard InChI is InChI=1S/C14H13FN2O3S/c1-11-2-8-14(9-3-11)21(19,20)17(10-18)16-13-6-4-12(15)5-7-13/h2-10,16H,1H3. The fraction of sp³-hybridized carbons (Fsp3) is 0.0714. The highest BCUT2D eigenvalue weighted by Gasteiger charge is 2.23. The molecule has 0 bridgehead atoms. The quantitative estimate of drug-likeness (QED) is 0.680. The Bertz CT molecular complexity index is 728. The molecule has 0 aliphatic heterocycles. The van der Waals surface area contributed by atoms with Crippen molar-refractivity contribution in [3.05, 3.63) is 59.9 Å². The van der Waals surface area contributed by atoms with Crippen LogP contribution in [-0.2, 0) is 14.8 Å². The topological polar surface area (TPSA) is 66.5 Å². The van der Waals surface area contributed by atoms with Gasteiger partial charge in [0.05, 0.1) is 10.6 Å². The molecule has 0 aromatic heterocycles. The zero-order valence-electron chi connectivity index (χ0n) is 11.2. The highest BCUT2D eigenvalue weighted by molar-refractivity contribution is 7.89. The maximum absolute atomic E-state index is 12.8. The predicted octanol–water partition coefficient (Wildman–Crippen LogP) is 2.31. The Morgan fingerprint density at radius 3 is 2.14 bits per heavy atom. The molecule has 2 rings (SSSR count). The number of anilines is 1. The van der Waals surface area contributed by atoms with Crippen LogP contribution in [0.4, 0.5) is 10.1 Å². The molecule has 1 amide bonds. The number of hydrogen-bond donors (Lipinski definition) is 1. The van der Waals surface area contributed by atoms with Gasteiger partial charge in [-0.05, 0) is 43.3 Å². The summed E-state index contributed by atoms with van der Waals surface area (Å²) in [4.78, 5) is 11.1. The first-order valence-electron chi connectivity index (χ1n) is 6.02. The molecule has 0 saturated carbocycles. The van der Waals surface area contributed by atoms with Crippen molar-refractivity contribution in [1.29, 1.82) is 0 Å². The van der Waals surface area contributed by atoms with Gasteiger partial charge in [0.1, 0.15) is 5.82 Å². The van der Waals surface area contributed by atoms with E-state index in [9.17, 15) is 17.6 Å². The molecule has 2 aromatic carbocycles. The van der Waals surface area contributed by atoms with Crippen LogP contribution in [0.3, 0.4) is 0 Å². The van der Waals surface area contributed by atoms with Crippen LogP contribution in [0, 0.1) is 12.7 Å². The fourth-order valence-corrected chi connectivity index (χ4v) is 2.66. The van der Waals surface area contributed by atoms with Crippen LogP contribution in [0.1, 0.15) is 5.56 Å².